The van der Waals surface area contributed by atoms with Crippen molar-refractivity contribution in [1.29, 1.82) is 0 Å². The fourth-order valence-corrected chi connectivity index (χ4v) is 3.89. The summed E-state index contributed by atoms with van der Waals surface area (Å²) in [5, 5.41) is 13.0. The molecular weight excluding hydrogens is 447 g/mol. The lowest BCUT2D eigenvalue weighted by Gasteiger charge is -2.24. The van der Waals surface area contributed by atoms with E-state index < -0.39 is 0 Å². The molecule has 4 rings (SSSR count). The summed E-state index contributed by atoms with van der Waals surface area (Å²) in [6, 6.07) is 19.1. The highest BCUT2D eigenvalue weighted by molar-refractivity contribution is 6.31. The first-order valence-corrected chi connectivity index (χ1v) is 11.0. The highest BCUT2D eigenvalue weighted by Gasteiger charge is 2.30. The van der Waals surface area contributed by atoms with Gasteiger partial charge in [0, 0.05) is 29.9 Å². The van der Waals surface area contributed by atoms with E-state index in [2.05, 4.69) is 16.4 Å². The van der Waals surface area contributed by atoms with Gasteiger partial charge in [0.25, 0.3) is 5.91 Å². The normalized spacial score (nSPS) is 15.5. The number of benzene rings is 2. The fraction of sp³-hybridized carbons (Fsp3) is 0.208. The van der Waals surface area contributed by atoms with Crippen molar-refractivity contribution in [3.05, 3.63) is 88.0 Å². The van der Waals surface area contributed by atoms with Crippen molar-refractivity contribution in [2.45, 2.75) is 18.9 Å². The number of anilines is 2. The number of amidine groups is 1. The van der Waals surface area contributed by atoms with Crippen molar-refractivity contribution in [1.82, 2.24) is 4.98 Å². The fourth-order valence-electron chi connectivity index (χ4n) is 3.60. The molecular formula is C24H21Cl2N4O2. The van der Waals surface area contributed by atoms with Crippen molar-refractivity contribution in [2.24, 2.45) is 4.99 Å². The van der Waals surface area contributed by atoms with Gasteiger partial charge in [-0.2, -0.15) is 0 Å². The molecule has 6 nitrogen and oxygen atoms in total. The maximum atomic E-state index is 13.2. The lowest BCUT2D eigenvalue weighted by molar-refractivity contribution is 0.102. The Morgan fingerprint density at radius 2 is 1.94 bits per heavy atom. The smallest absolute Gasteiger partial charge is 0.258 e. The van der Waals surface area contributed by atoms with E-state index in [1.807, 2.05) is 35.2 Å². The second kappa shape index (κ2) is 10.1. The number of aliphatic hydroxyl groups excluding tert-OH is 1. The predicted octanol–water partition coefficient (Wildman–Crippen LogP) is 4.85. The van der Waals surface area contributed by atoms with Crippen LogP contribution in [-0.2, 0) is 0 Å². The zero-order valence-electron chi connectivity index (χ0n) is 17.1. The number of amides is 1. The number of pyridine rings is 1. The number of halogens is 2. The van der Waals surface area contributed by atoms with Crippen LogP contribution in [0.15, 0.2) is 65.8 Å². The van der Waals surface area contributed by atoms with Crippen LogP contribution < -0.4 is 10.2 Å². The highest BCUT2D eigenvalue weighted by atomic mass is 35.5. The van der Waals surface area contributed by atoms with Gasteiger partial charge in [-0.3, -0.25) is 9.79 Å². The number of carbonyl (C=O) groups excluding carboxylic acids is 1. The summed E-state index contributed by atoms with van der Waals surface area (Å²) in [5.74, 6) is 0.819. The number of carbonyl (C=O) groups is 1. The van der Waals surface area contributed by atoms with Gasteiger partial charge in [-0.25, -0.2) is 4.98 Å². The minimum absolute atomic E-state index is 0.00542. The number of rotatable bonds is 7. The number of nitrogens with one attached hydrogen (secondary N) is 1. The Kier molecular flexibility index (Phi) is 7.05. The molecule has 0 spiro atoms. The van der Waals surface area contributed by atoms with E-state index in [-0.39, 0.29) is 18.6 Å². The van der Waals surface area contributed by atoms with E-state index in [0.717, 1.165) is 17.8 Å². The first-order chi connectivity index (χ1) is 15.5. The molecule has 1 amide bonds. The molecule has 0 aliphatic carbocycles. The molecule has 1 aliphatic heterocycles. The first-order valence-electron chi connectivity index (χ1n) is 10.2. The van der Waals surface area contributed by atoms with Crippen molar-refractivity contribution >= 4 is 46.4 Å². The molecule has 1 radical (unpaired) electrons. The van der Waals surface area contributed by atoms with Crippen LogP contribution in [0.2, 0.25) is 10.0 Å². The number of hydrogen-bond acceptors (Lipinski definition) is 5. The van der Waals surface area contributed by atoms with Crippen molar-refractivity contribution in [2.75, 3.05) is 23.4 Å². The third-order valence-corrected chi connectivity index (χ3v) is 5.55. The Morgan fingerprint density at radius 3 is 2.66 bits per heavy atom. The van der Waals surface area contributed by atoms with Crippen LogP contribution in [0.1, 0.15) is 28.8 Å². The van der Waals surface area contributed by atoms with Gasteiger partial charge >= 0.3 is 0 Å². The quantitative estimate of drug-likeness (QED) is 0.520. The SMILES string of the molecule is O=C(Nc1ccc(Cl)cn1)c1cc(Cl)ccc1N1CC(CCCO)N=C1c1cc[c]cc1. The predicted molar refractivity (Wildman–Crippen MR) is 128 cm³/mol. The molecule has 163 valence electrons. The Hall–Kier alpha value is -2.93. The first kappa shape index (κ1) is 22.3. The maximum absolute atomic E-state index is 13.2. The zero-order valence-corrected chi connectivity index (χ0v) is 18.6. The third kappa shape index (κ3) is 5.10. The molecule has 2 N–H and O–H groups in total. The zero-order chi connectivity index (χ0) is 22.5. The molecule has 1 aliphatic rings. The Balaban J connectivity index is 1.69. The molecule has 0 bridgehead atoms. The molecule has 2 heterocycles. The van der Waals surface area contributed by atoms with Crippen LogP contribution in [0, 0.1) is 6.07 Å². The average molecular weight is 468 g/mol. The standard InChI is InChI=1S/C24H21Cl2N4O2/c25-17-8-10-21(20(13-17)24(32)29-22-11-9-18(26)14-27-22)30-15-19(7-4-12-31)28-23(30)16-5-2-1-3-6-16/h2-3,5-6,8-11,13-14,19,31H,4,7,12,15H2,(H,27,29,32). The molecule has 1 unspecified atom stereocenters. The summed E-state index contributed by atoms with van der Waals surface area (Å²) in [6.45, 7) is 0.708. The van der Waals surface area contributed by atoms with Crippen LogP contribution >= 0.6 is 23.2 Å². The maximum Gasteiger partial charge on any atom is 0.258 e. The van der Waals surface area contributed by atoms with E-state index in [4.69, 9.17) is 28.2 Å². The summed E-state index contributed by atoms with van der Waals surface area (Å²) in [5.41, 5.74) is 2.03. The number of hydrogen-bond donors (Lipinski definition) is 2. The summed E-state index contributed by atoms with van der Waals surface area (Å²) in [6.07, 6.45) is 2.88. The Bertz CT molecular complexity index is 1120. The van der Waals surface area contributed by atoms with Gasteiger partial charge in [-0.05, 0) is 49.2 Å². The average Bonchev–Trinajstić information content (AvgIpc) is 3.23. The van der Waals surface area contributed by atoms with Crippen molar-refractivity contribution in [3.8, 4) is 0 Å². The molecule has 32 heavy (non-hydrogen) atoms. The topological polar surface area (TPSA) is 77.8 Å². The van der Waals surface area contributed by atoms with E-state index in [0.29, 0.717) is 40.1 Å². The lowest BCUT2D eigenvalue weighted by atomic mass is 10.1. The molecule has 1 atom stereocenters. The highest BCUT2D eigenvalue weighted by Crippen LogP contribution is 2.31. The van der Waals surface area contributed by atoms with E-state index >= 15 is 0 Å². The van der Waals surface area contributed by atoms with Crippen LogP contribution in [0.4, 0.5) is 11.5 Å². The number of nitrogens with zero attached hydrogens (tertiary/aromatic N) is 3. The number of aromatic nitrogens is 1. The van der Waals surface area contributed by atoms with E-state index in [9.17, 15) is 9.90 Å². The molecule has 0 fully saturated rings. The molecule has 0 saturated heterocycles. The second-order valence-corrected chi connectivity index (χ2v) is 8.22. The van der Waals surface area contributed by atoms with Crippen molar-refractivity contribution in [3.63, 3.8) is 0 Å². The van der Waals surface area contributed by atoms with Gasteiger partial charge in [-0.15, -0.1) is 0 Å². The summed E-state index contributed by atoms with van der Waals surface area (Å²) in [4.78, 5) is 24.2. The Labute approximate surface area is 196 Å². The van der Waals surface area contributed by atoms with E-state index in [1.54, 1.807) is 24.3 Å². The van der Waals surface area contributed by atoms with Crippen LogP contribution in [0.25, 0.3) is 0 Å². The summed E-state index contributed by atoms with van der Waals surface area (Å²) in [7, 11) is 0. The van der Waals surface area contributed by atoms with Crippen LogP contribution in [0.3, 0.4) is 0 Å². The Morgan fingerprint density at radius 1 is 1.16 bits per heavy atom. The van der Waals surface area contributed by atoms with Gasteiger partial charge in [0.2, 0.25) is 0 Å². The lowest BCUT2D eigenvalue weighted by Crippen LogP contribution is -2.32. The monoisotopic (exact) mass is 467 g/mol. The third-order valence-electron chi connectivity index (χ3n) is 5.09. The van der Waals surface area contributed by atoms with Crippen molar-refractivity contribution < 1.29 is 9.90 Å². The summed E-state index contributed by atoms with van der Waals surface area (Å²) >= 11 is 12.1. The number of aliphatic imine (C=N–C) groups is 1. The van der Waals surface area contributed by atoms with Crippen LogP contribution in [-0.4, -0.2) is 41.0 Å². The minimum Gasteiger partial charge on any atom is -0.396 e. The van der Waals surface area contributed by atoms with Crippen LogP contribution in [0.5, 0.6) is 0 Å². The van der Waals surface area contributed by atoms with Gasteiger partial charge < -0.3 is 15.3 Å². The molecule has 0 saturated carbocycles. The number of aliphatic hydroxyl groups is 1. The van der Waals surface area contributed by atoms with Gasteiger partial charge in [-0.1, -0.05) is 47.5 Å². The molecule has 3 aromatic rings. The molecule has 8 heteroatoms. The van der Waals surface area contributed by atoms with Gasteiger partial charge in [0.1, 0.15) is 11.7 Å². The van der Waals surface area contributed by atoms with E-state index in [1.165, 1.54) is 6.20 Å². The molecule has 1 aromatic heterocycles. The van der Waals surface area contributed by atoms with Gasteiger partial charge in [0.05, 0.1) is 22.3 Å². The van der Waals surface area contributed by atoms with Gasteiger partial charge in [0.15, 0.2) is 0 Å². The second-order valence-electron chi connectivity index (χ2n) is 7.35. The molecule has 2 aromatic carbocycles. The largest absolute Gasteiger partial charge is 0.396 e. The summed E-state index contributed by atoms with van der Waals surface area (Å²) < 4.78 is 0. The minimum atomic E-state index is -0.336.